The molecule has 0 aromatic heterocycles. The Hall–Kier alpha value is -2.10. The summed E-state index contributed by atoms with van der Waals surface area (Å²) in [5, 5.41) is 5.09. The van der Waals surface area contributed by atoms with Crippen molar-refractivity contribution in [3.05, 3.63) is 42.5 Å². The molecule has 4 nitrogen and oxygen atoms in total. The number of para-hydroxylation sites is 1. The Labute approximate surface area is 94.4 Å². The molecule has 0 saturated carbocycles. The second kappa shape index (κ2) is 5.70. The van der Waals surface area contributed by atoms with Crippen LogP contribution < -0.4 is 10.6 Å². The summed E-state index contributed by atoms with van der Waals surface area (Å²) in [6.45, 7) is 3.53. The van der Waals surface area contributed by atoms with Gasteiger partial charge in [0.25, 0.3) is 0 Å². The lowest BCUT2D eigenvalue weighted by molar-refractivity contribution is -0.120. The summed E-state index contributed by atoms with van der Waals surface area (Å²) in [6, 6.07) is 9.06. The van der Waals surface area contributed by atoms with E-state index in [4.69, 9.17) is 0 Å². The van der Waals surface area contributed by atoms with E-state index in [-0.39, 0.29) is 23.8 Å². The molecule has 2 amide bonds. The Kier molecular flexibility index (Phi) is 4.27. The van der Waals surface area contributed by atoms with Crippen LogP contribution in [0.3, 0.4) is 0 Å². The summed E-state index contributed by atoms with van der Waals surface area (Å²) in [5.74, 6) is -0.567. The fourth-order valence-corrected chi connectivity index (χ4v) is 1.18. The van der Waals surface area contributed by atoms with Crippen molar-refractivity contribution in [2.75, 3.05) is 12.4 Å². The van der Waals surface area contributed by atoms with Crippen LogP contribution in [0.15, 0.2) is 42.5 Å². The lowest BCUT2D eigenvalue weighted by Crippen LogP contribution is -2.23. The number of benzene rings is 1. The number of nitrogens with one attached hydrogen (secondary N) is 2. The third kappa shape index (κ3) is 3.57. The lowest BCUT2D eigenvalue weighted by atomic mass is 10.2. The fraction of sp³-hybridized carbons (Fsp3) is 0.167. The van der Waals surface area contributed by atoms with Crippen LogP contribution in [-0.2, 0) is 9.59 Å². The number of likely N-dealkylation sites (N-methyl/N-ethyl adjacent to an activating group) is 1. The Bertz CT molecular complexity index is 399. The van der Waals surface area contributed by atoms with E-state index < -0.39 is 0 Å². The fourth-order valence-electron chi connectivity index (χ4n) is 1.18. The Morgan fingerprint density at radius 1 is 1.25 bits per heavy atom. The molecule has 16 heavy (non-hydrogen) atoms. The van der Waals surface area contributed by atoms with Crippen LogP contribution in [0.25, 0.3) is 0 Å². The molecule has 1 aromatic rings. The smallest absolute Gasteiger partial charge is 0.246 e. The third-order valence-electron chi connectivity index (χ3n) is 1.98. The molecule has 0 bridgehead atoms. The van der Waals surface area contributed by atoms with Crippen LogP contribution in [-0.4, -0.2) is 18.9 Å². The third-order valence-corrected chi connectivity index (χ3v) is 1.98. The van der Waals surface area contributed by atoms with Gasteiger partial charge in [-0.05, 0) is 12.1 Å². The minimum Gasteiger partial charge on any atom is -0.355 e. The minimum atomic E-state index is -0.316. The quantitative estimate of drug-likeness (QED) is 0.749. The molecule has 0 fully saturated rings. The summed E-state index contributed by atoms with van der Waals surface area (Å²) < 4.78 is 0. The number of carbonyl (C=O) groups excluding carboxylic acids is 2. The second-order valence-corrected chi connectivity index (χ2v) is 3.27. The van der Waals surface area contributed by atoms with E-state index in [1.807, 2.05) is 18.2 Å². The summed E-state index contributed by atoms with van der Waals surface area (Å²) in [7, 11) is 1.50. The number of carbonyl (C=O) groups is 2. The molecule has 1 aromatic carbocycles. The highest BCUT2D eigenvalue weighted by Crippen LogP contribution is 2.07. The number of anilines is 1. The largest absolute Gasteiger partial charge is 0.355 e. The van der Waals surface area contributed by atoms with E-state index in [1.54, 1.807) is 12.1 Å². The highest BCUT2D eigenvalue weighted by Gasteiger charge is 2.09. The van der Waals surface area contributed by atoms with Gasteiger partial charge < -0.3 is 10.6 Å². The van der Waals surface area contributed by atoms with E-state index in [9.17, 15) is 9.59 Å². The Morgan fingerprint density at radius 2 is 1.88 bits per heavy atom. The van der Waals surface area contributed by atoms with E-state index in [0.717, 1.165) is 0 Å². The van der Waals surface area contributed by atoms with Gasteiger partial charge in [-0.1, -0.05) is 24.8 Å². The number of rotatable bonds is 4. The van der Waals surface area contributed by atoms with Gasteiger partial charge in [-0.3, -0.25) is 9.59 Å². The first-order chi connectivity index (χ1) is 7.63. The second-order valence-electron chi connectivity index (χ2n) is 3.27. The van der Waals surface area contributed by atoms with Gasteiger partial charge in [0.05, 0.1) is 6.42 Å². The maximum atomic E-state index is 11.5. The van der Waals surface area contributed by atoms with E-state index in [1.165, 1.54) is 7.05 Å². The predicted octanol–water partition coefficient (Wildman–Crippen LogP) is 1.32. The van der Waals surface area contributed by atoms with Crippen molar-refractivity contribution in [3.8, 4) is 0 Å². The highest BCUT2D eigenvalue weighted by atomic mass is 16.2. The molecule has 0 aliphatic rings. The first-order valence-corrected chi connectivity index (χ1v) is 4.88. The van der Waals surface area contributed by atoms with Crippen LogP contribution in [0.4, 0.5) is 5.69 Å². The summed E-state index contributed by atoms with van der Waals surface area (Å²) >= 11 is 0. The van der Waals surface area contributed by atoms with E-state index in [2.05, 4.69) is 17.2 Å². The predicted molar refractivity (Wildman–Crippen MR) is 62.9 cm³/mol. The summed E-state index contributed by atoms with van der Waals surface area (Å²) in [5.41, 5.74) is 0.952. The average Bonchev–Trinajstić information content (AvgIpc) is 2.29. The van der Waals surface area contributed by atoms with Crippen LogP contribution in [0.1, 0.15) is 6.42 Å². The molecule has 0 radical (unpaired) electrons. The van der Waals surface area contributed by atoms with Crippen molar-refractivity contribution >= 4 is 17.5 Å². The monoisotopic (exact) mass is 218 g/mol. The molecule has 84 valence electrons. The Balaban J connectivity index is 2.49. The molecular formula is C12H14N2O2. The van der Waals surface area contributed by atoms with Crippen molar-refractivity contribution in [2.24, 2.45) is 0 Å². The van der Waals surface area contributed by atoms with Crippen molar-refractivity contribution in [1.82, 2.24) is 5.32 Å². The van der Waals surface area contributed by atoms with E-state index in [0.29, 0.717) is 5.69 Å². The maximum absolute atomic E-state index is 11.5. The number of hydrogen-bond acceptors (Lipinski definition) is 2. The van der Waals surface area contributed by atoms with Crippen LogP contribution in [0.2, 0.25) is 0 Å². The zero-order valence-corrected chi connectivity index (χ0v) is 9.12. The van der Waals surface area contributed by atoms with Gasteiger partial charge in [0, 0.05) is 18.3 Å². The standard InChI is InChI=1S/C12H14N2O2/c1-9(12(16)13-2)8-11(15)14-10-6-4-3-5-7-10/h3-7H,1,8H2,2H3,(H,13,16)(H,14,15). The topological polar surface area (TPSA) is 58.2 Å². The zero-order chi connectivity index (χ0) is 12.0. The number of hydrogen-bond donors (Lipinski definition) is 2. The first kappa shape index (κ1) is 12.0. The minimum absolute atomic E-state index is 0.00539. The van der Waals surface area contributed by atoms with Gasteiger partial charge in [0.1, 0.15) is 0 Å². The molecule has 0 aliphatic heterocycles. The van der Waals surface area contributed by atoms with Crippen molar-refractivity contribution in [2.45, 2.75) is 6.42 Å². The first-order valence-electron chi connectivity index (χ1n) is 4.88. The van der Waals surface area contributed by atoms with Gasteiger partial charge in [-0.15, -0.1) is 0 Å². The van der Waals surface area contributed by atoms with Crippen molar-refractivity contribution in [1.29, 1.82) is 0 Å². The molecule has 0 unspecified atom stereocenters. The van der Waals surface area contributed by atoms with Crippen molar-refractivity contribution in [3.63, 3.8) is 0 Å². The SMILES string of the molecule is C=C(CC(=O)Nc1ccccc1)C(=O)NC. The number of amides is 2. The van der Waals surface area contributed by atoms with Gasteiger partial charge in [0.2, 0.25) is 11.8 Å². The molecule has 0 aliphatic carbocycles. The molecule has 0 saturated heterocycles. The maximum Gasteiger partial charge on any atom is 0.246 e. The van der Waals surface area contributed by atoms with Gasteiger partial charge in [-0.2, -0.15) is 0 Å². The Morgan fingerprint density at radius 3 is 2.44 bits per heavy atom. The lowest BCUT2D eigenvalue weighted by Gasteiger charge is -2.06. The molecule has 2 N–H and O–H groups in total. The zero-order valence-electron chi connectivity index (χ0n) is 9.12. The molecule has 4 heteroatoms. The van der Waals surface area contributed by atoms with Crippen LogP contribution >= 0.6 is 0 Å². The molecule has 0 atom stereocenters. The van der Waals surface area contributed by atoms with Gasteiger partial charge >= 0.3 is 0 Å². The highest BCUT2D eigenvalue weighted by molar-refractivity contribution is 6.01. The molecule has 0 heterocycles. The molecule has 1 rings (SSSR count). The van der Waals surface area contributed by atoms with Crippen LogP contribution in [0.5, 0.6) is 0 Å². The van der Waals surface area contributed by atoms with E-state index >= 15 is 0 Å². The van der Waals surface area contributed by atoms with Gasteiger partial charge in [-0.25, -0.2) is 0 Å². The summed E-state index contributed by atoms with van der Waals surface area (Å²) in [4.78, 5) is 22.6. The van der Waals surface area contributed by atoms with Crippen LogP contribution in [0, 0.1) is 0 Å². The summed E-state index contributed by atoms with van der Waals surface area (Å²) in [6.07, 6.45) is -0.00539. The molecular weight excluding hydrogens is 204 g/mol. The van der Waals surface area contributed by atoms with Gasteiger partial charge in [0.15, 0.2) is 0 Å². The van der Waals surface area contributed by atoms with Crippen molar-refractivity contribution < 1.29 is 9.59 Å². The normalized spacial score (nSPS) is 9.31. The average molecular weight is 218 g/mol. The molecule has 0 spiro atoms.